The van der Waals surface area contributed by atoms with E-state index in [-0.39, 0.29) is 6.61 Å². The molecule has 1 aliphatic heterocycles. The van der Waals surface area contributed by atoms with E-state index in [4.69, 9.17) is 9.05 Å². The molecule has 82 valence electrons. The van der Waals surface area contributed by atoms with Crippen LogP contribution in [0.25, 0.3) is 0 Å². The van der Waals surface area contributed by atoms with Crippen molar-refractivity contribution in [3.63, 3.8) is 0 Å². The van der Waals surface area contributed by atoms with Gasteiger partial charge >= 0.3 is 7.82 Å². The molecule has 5 nitrogen and oxygen atoms in total. The largest absolute Gasteiger partial charge is 0.474 e. The van der Waals surface area contributed by atoms with Gasteiger partial charge in [0, 0.05) is 23.7 Å². The van der Waals surface area contributed by atoms with Crippen LogP contribution in [0, 0.1) is 0 Å². The maximum absolute atomic E-state index is 11.3. The van der Waals surface area contributed by atoms with Gasteiger partial charge in [0.05, 0.1) is 12.4 Å². The number of hydrogen-bond acceptors (Lipinski definition) is 5. The third kappa shape index (κ3) is 3.29. The van der Waals surface area contributed by atoms with Gasteiger partial charge in [-0.05, 0) is 0 Å². The highest BCUT2D eigenvalue weighted by molar-refractivity contribution is 7.85. The smallest absolute Gasteiger partial charge is 0.290 e. The topological polar surface area (TPSA) is 61.8 Å². The van der Waals surface area contributed by atoms with E-state index in [1.165, 1.54) is 7.11 Å². The van der Waals surface area contributed by atoms with Crippen molar-refractivity contribution < 1.29 is 22.3 Å². The quantitative estimate of drug-likeness (QED) is 0.531. The van der Waals surface area contributed by atoms with Crippen molar-refractivity contribution in [3.8, 4) is 0 Å². The molecular weight excluding hydrogens is 227 g/mol. The number of rotatable bonds is 5. The Bertz CT molecular complexity index is 279. The molecule has 0 aromatic heterocycles. The fourth-order valence-corrected chi connectivity index (χ4v) is 3.18. The molecule has 0 spiro atoms. The second kappa shape index (κ2) is 5.19. The molecule has 1 aliphatic rings. The lowest BCUT2D eigenvalue weighted by atomic mass is 10.4. The van der Waals surface area contributed by atoms with Gasteiger partial charge in [0.2, 0.25) is 0 Å². The third-order valence-electron chi connectivity index (χ3n) is 1.60. The van der Waals surface area contributed by atoms with Crippen LogP contribution in [0.15, 0.2) is 12.7 Å². The Hall–Kier alpha value is -0.0000000000000000971. The third-order valence-corrected chi connectivity index (χ3v) is 4.42. The number of hydrogen-bond donors (Lipinski definition) is 0. The summed E-state index contributed by atoms with van der Waals surface area (Å²) in [6.45, 7) is 3.64. The summed E-state index contributed by atoms with van der Waals surface area (Å²) >= 11 is 0. The van der Waals surface area contributed by atoms with Crippen molar-refractivity contribution in [1.29, 1.82) is 0 Å². The molecule has 14 heavy (non-hydrogen) atoms. The minimum Gasteiger partial charge on any atom is -0.290 e. The summed E-state index contributed by atoms with van der Waals surface area (Å²) in [7, 11) is -3.13. The molecule has 1 fully saturated rings. The number of phosphoric acid groups is 1. The van der Waals surface area contributed by atoms with E-state index in [1.807, 2.05) is 0 Å². The normalized spacial score (nSPS) is 34.2. The zero-order chi connectivity index (χ0) is 10.6. The lowest BCUT2D eigenvalue weighted by molar-refractivity contribution is 0.208. The van der Waals surface area contributed by atoms with Crippen LogP contribution in [-0.4, -0.2) is 35.5 Å². The fourth-order valence-electron chi connectivity index (χ4n) is 0.999. The van der Waals surface area contributed by atoms with Crippen LogP contribution in [0.2, 0.25) is 0 Å². The minimum absolute atomic E-state index is 0.161. The average Bonchev–Trinajstić information content (AvgIpc) is 2.49. The Morgan fingerprint density at radius 2 is 2.50 bits per heavy atom. The van der Waals surface area contributed by atoms with Gasteiger partial charge in [0.25, 0.3) is 0 Å². The number of phosphoric ester groups is 1. The van der Waals surface area contributed by atoms with Crippen LogP contribution in [0.4, 0.5) is 0 Å². The average molecular weight is 240 g/mol. The van der Waals surface area contributed by atoms with E-state index in [0.29, 0.717) is 11.5 Å². The predicted octanol–water partition coefficient (Wildman–Crippen LogP) is 1.09. The van der Waals surface area contributed by atoms with Crippen molar-refractivity contribution in [3.05, 3.63) is 12.7 Å². The molecule has 0 aliphatic carbocycles. The first-order valence-corrected chi connectivity index (χ1v) is 6.99. The highest BCUT2D eigenvalue weighted by atomic mass is 32.2. The van der Waals surface area contributed by atoms with Crippen LogP contribution in [0.3, 0.4) is 0 Å². The molecule has 1 heterocycles. The predicted molar refractivity (Wildman–Crippen MR) is 53.5 cm³/mol. The first-order chi connectivity index (χ1) is 6.59. The Balaban J connectivity index is 2.39. The van der Waals surface area contributed by atoms with Crippen molar-refractivity contribution in [2.24, 2.45) is 0 Å². The first kappa shape index (κ1) is 12.1. The monoisotopic (exact) mass is 240 g/mol. The van der Waals surface area contributed by atoms with Crippen LogP contribution < -0.4 is 0 Å². The highest BCUT2D eigenvalue weighted by Gasteiger charge is 2.38. The van der Waals surface area contributed by atoms with Crippen LogP contribution in [-0.2, 0) is 28.9 Å². The minimum atomic E-state index is -3.34. The van der Waals surface area contributed by atoms with Gasteiger partial charge in [-0.25, -0.2) is 4.57 Å². The van der Waals surface area contributed by atoms with Gasteiger partial charge in [-0.1, -0.05) is 6.08 Å². The first-order valence-electron chi connectivity index (χ1n) is 4.04. The van der Waals surface area contributed by atoms with Crippen molar-refractivity contribution in [2.75, 3.05) is 25.2 Å². The summed E-state index contributed by atoms with van der Waals surface area (Å²) in [6.07, 6.45) is 1.16. The molecule has 0 amide bonds. The Kier molecular flexibility index (Phi) is 4.47. The van der Waals surface area contributed by atoms with Crippen molar-refractivity contribution >= 4 is 18.6 Å². The van der Waals surface area contributed by atoms with Gasteiger partial charge < -0.3 is 0 Å². The van der Waals surface area contributed by atoms with E-state index in [2.05, 4.69) is 11.1 Å². The maximum atomic E-state index is 11.3. The summed E-state index contributed by atoms with van der Waals surface area (Å²) in [5.41, 5.74) is 0. The van der Waals surface area contributed by atoms with Gasteiger partial charge in [0.15, 0.2) is 0 Å². The summed E-state index contributed by atoms with van der Waals surface area (Å²) in [4.78, 5) is 0. The van der Waals surface area contributed by atoms with Crippen LogP contribution in [0.5, 0.6) is 0 Å². The molecule has 0 bridgehead atoms. The molecule has 0 aromatic carbocycles. The van der Waals surface area contributed by atoms with Crippen LogP contribution in [0.1, 0.15) is 0 Å². The summed E-state index contributed by atoms with van der Waals surface area (Å²) in [5.74, 6) is 0.691. The lowest BCUT2D eigenvalue weighted by Gasteiger charge is -2.07. The van der Waals surface area contributed by atoms with E-state index in [0.717, 1.165) is 0 Å². The van der Waals surface area contributed by atoms with Gasteiger partial charge in [-0.3, -0.25) is 17.8 Å². The van der Waals surface area contributed by atoms with Gasteiger partial charge in [-0.15, -0.1) is 6.58 Å². The summed E-state index contributed by atoms with van der Waals surface area (Å²) in [5, 5.41) is 0. The van der Waals surface area contributed by atoms with E-state index in [1.54, 1.807) is 6.08 Å². The molecule has 0 saturated carbocycles. The van der Waals surface area contributed by atoms with E-state index < -0.39 is 24.7 Å². The van der Waals surface area contributed by atoms with Crippen molar-refractivity contribution in [2.45, 2.75) is 6.10 Å². The molecular formula is C7H13O5PS. The standard InChI is InChI=1S/C7H13O5PS/c1-3-4-14(9)6-7-5-11-13(8,10-2)12-7/h3,7H,1,4-6H2,2H3. The molecule has 1 saturated heterocycles. The Morgan fingerprint density at radius 1 is 1.79 bits per heavy atom. The maximum Gasteiger partial charge on any atom is 0.474 e. The Labute approximate surface area is 85.5 Å². The van der Waals surface area contributed by atoms with Crippen LogP contribution >= 0.6 is 7.82 Å². The fraction of sp³-hybridized carbons (Fsp3) is 0.714. The SMILES string of the molecule is C=CCS(=O)CC1COP(=O)(OC)O1. The lowest BCUT2D eigenvalue weighted by Crippen LogP contribution is -2.19. The molecule has 0 aromatic rings. The Morgan fingerprint density at radius 3 is 3.00 bits per heavy atom. The second-order valence-corrected chi connectivity index (χ2v) is 5.99. The highest BCUT2D eigenvalue weighted by Crippen LogP contribution is 2.54. The molecule has 7 heteroatoms. The molecule has 3 unspecified atom stereocenters. The summed E-state index contributed by atoms with van der Waals surface area (Å²) < 4.78 is 37.0. The van der Waals surface area contributed by atoms with Gasteiger partial charge in [0.1, 0.15) is 6.10 Å². The molecule has 3 atom stereocenters. The molecule has 0 radical (unpaired) electrons. The van der Waals surface area contributed by atoms with E-state index >= 15 is 0 Å². The van der Waals surface area contributed by atoms with Crippen molar-refractivity contribution in [1.82, 2.24) is 0 Å². The zero-order valence-corrected chi connectivity index (χ0v) is 9.59. The van der Waals surface area contributed by atoms with Gasteiger partial charge in [-0.2, -0.15) is 0 Å². The molecule has 0 N–H and O–H groups in total. The summed E-state index contributed by atoms with van der Waals surface area (Å²) in [6, 6.07) is 0. The zero-order valence-electron chi connectivity index (χ0n) is 7.88. The second-order valence-electron chi connectivity index (χ2n) is 2.71. The molecule has 1 rings (SSSR count). The van der Waals surface area contributed by atoms with E-state index in [9.17, 15) is 8.77 Å².